The van der Waals surface area contributed by atoms with Crippen LogP contribution in [0.15, 0.2) is 82.6 Å². The molecule has 0 aromatic heterocycles. The lowest BCUT2D eigenvalue weighted by molar-refractivity contribution is 0.464. The van der Waals surface area contributed by atoms with Crippen molar-refractivity contribution in [2.24, 2.45) is 0 Å². The molecule has 0 radical (unpaired) electrons. The van der Waals surface area contributed by atoms with Crippen molar-refractivity contribution in [1.82, 2.24) is 0 Å². The van der Waals surface area contributed by atoms with Gasteiger partial charge in [0.25, 0.3) is 0 Å². The predicted octanol–water partition coefficient (Wildman–Crippen LogP) is 9.93. The average Bonchev–Trinajstić information content (AvgIpc) is 2.80. The number of benzene rings is 3. The molecule has 0 saturated heterocycles. The Morgan fingerprint density at radius 3 is 1.42 bits per heavy atom. The maximum absolute atomic E-state index is 9.29. The summed E-state index contributed by atoms with van der Waals surface area (Å²) in [6, 6.07) is 23.4. The van der Waals surface area contributed by atoms with Crippen LogP contribution in [0.4, 0.5) is 0 Å². The van der Waals surface area contributed by atoms with Gasteiger partial charge in [0.2, 0.25) is 0 Å². The van der Waals surface area contributed by atoms with Crippen LogP contribution in [-0.2, 0) is 0 Å². The highest BCUT2D eigenvalue weighted by molar-refractivity contribution is 7.99. The second-order valence-corrected chi connectivity index (χ2v) is 7.75. The van der Waals surface area contributed by atoms with Crippen molar-refractivity contribution in [2.45, 2.75) is 77.5 Å². The quantitative estimate of drug-likeness (QED) is 0.428. The van der Waals surface area contributed by atoms with Crippen molar-refractivity contribution in [2.75, 3.05) is 0 Å². The summed E-state index contributed by atoms with van der Waals surface area (Å²) in [5.74, 6) is 2.27. The summed E-state index contributed by atoms with van der Waals surface area (Å²) in [7, 11) is 0. The van der Waals surface area contributed by atoms with E-state index in [-0.39, 0.29) is 5.75 Å². The van der Waals surface area contributed by atoms with Gasteiger partial charge in [-0.05, 0) is 72.1 Å². The summed E-state index contributed by atoms with van der Waals surface area (Å²) in [5.41, 5.74) is 1.36. The van der Waals surface area contributed by atoms with Gasteiger partial charge in [0.1, 0.15) is 17.2 Å². The fourth-order valence-electron chi connectivity index (χ4n) is 2.28. The molecule has 3 aromatic carbocycles. The molecule has 3 aromatic rings. The van der Waals surface area contributed by atoms with Gasteiger partial charge in [-0.15, -0.1) is 0 Å². The minimum Gasteiger partial charge on any atom is -0.508 e. The van der Waals surface area contributed by atoms with Gasteiger partial charge in [-0.25, -0.2) is 0 Å². The van der Waals surface area contributed by atoms with Crippen LogP contribution in [0.3, 0.4) is 0 Å². The van der Waals surface area contributed by atoms with E-state index in [9.17, 15) is 5.11 Å². The molecule has 3 rings (SSSR count). The summed E-state index contributed by atoms with van der Waals surface area (Å²) >= 11 is 1.74. The van der Waals surface area contributed by atoms with E-state index in [0.29, 0.717) is 11.7 Å². The molecule has 0 spiro atoms. The predicted molar refractivity (Wildman–Crippen MR) is 138 cm³/mol. The van der Waals surface area contributed by atoms with Crippen LogP contribution in [0.2, 0.25) is 0 Å². The zero-order valence-electron chi connectivity index (χ0n) is 20.5. The van der Waals surface area contributed by atoms with Crippen molar-refractivity contribution < 1.29 is 9.84 Å². The highest BCUT2D eigenvalue weighted by atomic mass is 32.2. The highest BCUT2D eigenvalue weighted by Crippen LogP contribution is 2.31. The second kappa shape index (κ2) is 17.3. The molecule has 0 saturated carbocycles. The molecule has 0 atom stereocenters. The normalized spacial score (nSPS) is 9.32. The highest BCUT2D eigenvalue weighted by Gasteiger charge is 2.02. The molecule has 0 bridgehead atoms. The minimum absolute atomic E-state index is 0.234. The van der Waals surface area contributed by atoms with E-state index in [4.69, 9.17) is 4.74 Å². The summed E-state index contributed by atoms with van der Waals surface area (Å²) in [4.78, 5) is 2.40. The summed E-state index contributed by atoms with van der Waals surface area (Å²) in [5, 5.41) is 9.29. The third-order valence-electron chi connectivity index (χ3n) is 3.68. The smallest absolute Gasteiger partial charge is 0.127 e. The zero-order chi connectivity index (χ0) is 23.6. The molecule has 0 aliphatic carbocycles. The number of hydrogen-bond acceptors (Lipinski definition) is 3. The number of phenolic OH excluding ortho intramolecular Hbond substituents is 1. The topological polar surface area (TPSA) is 29.5 Å². The van der Waals surface area contributed by atoms with E-state index in [1.807, 2.05) is 39.8 Å². The number of phenols is 1. The Morgan fingerprint density at radius 2 is 1.03 bits per heavy atom. The summed E-state index contributed by atoms with van der Waals surface area (Å²) < 4.78 is 5.76. The number of ether oxygens (including phenoxy) is 1. The van der Waals surface area contributed by atoms with Gasteiger partial charge in [-0.1, -0.05) is 85.7 Å². The SMILES string of the molecule is CC.CC.CC(C)c1ccc(Sc2ccc(Oc3ccc(O)cc3)cc2)cc1.CCC. The maximum atomic E-state index is 9.29. The van der Waals surface area contributed by atoms with Crippen molar-refractivity contribution >= 4 is 11.8 Å². The lowest BCUT2D eigenvalue weighted by Crippen LogP contribution is -1.86. The fraction of sp³-hybridized carbons (Fsp3) is 0.357. The van der Waals surface area contributed by atoms with E-state index >= 15 is 0 Å². The van der Waals surface area contributed by atoms with Gasteiger partial charge < -0.3 is 9.84 Å². The molecular formula is C28H40O2S. The van der Waals surface area contributed by atoms with Gasteiger partial charge >= 0.3 is 0 Å². The third-order valence-corrected chi connectivity index (χ3v) is 4.69. The van der Waals surface area contributed by atoms with Gasteiger partial charge in [-0.2, -0.15) is 0 Å². The monoisotopic (exact) mass is 440 g/mol. The Kier molecular flexibility index (Phi) is 16.0. The molecule has 31 heavy (non-hydrogen) atoms. The maximum Gasteiger partial charge on any atom is 0.127 e. The van der Waals surface area contributed by atoms with E-state index in [1.165, 1.54) is 21.8 Å². The number of aromatic hydroxyl groups is 1. The van der Waals surface area contributed by atoms with Crippen LogP contribution in [-0.4, -0.2) is 5.11 Å². The van der Waals surface area contributed by atoms with Gasteiger partial charge in [-0.3, -0.25) is 0 Å². The van der Waals surface area contributed by atoms with Crippen molar-refractivity contribution in [1.29, 1.82) is 0 Å². The molecule has 0 heterocycles. The van der Waals surface area contributed by atoms with Crippen LogP contribution in [0, 0.1) is 0 Å². The first-order valence-electron chi connectivity index (χ1n) is 11.4. The Balaban J connectivity index is 0.00000116. The standard InChI is InChI=1S/C21H20O2S.C3H8.2C2H6/c1-15(2)16-3-11-20(12-4-16)24-21-13-9-19(10-14-21)23-18-7-5-17(22)6-8-18;1-3-2;2*1-2/h3-15,22H,1-2H3;3H2,1-2H3;2*1-2H3. The first-order valence-corrected chi connectivity index (χ1v) is 12.2. The number of hydrogen-bond donors (Lipinski definition) is 1. The molecule has 1 N–H and O–H groups in total. The van der Waals surface area contributed by atoms with Crippen LogP contribution < -0.4 is 4.74 Å². The van der Waals surface area contributed by atoms with Crippen LogP contribution in [0.1, 0.15) is 73.3 Å². The van der Waals surface area contributed by atoms with Gasteiger partial charge in [0, 0.05) is 9.79 Å². The van der Waals surface area contributed by atoms with Crippen molar-refractivity contribution in [3.63, 3.8) is 0 Å². The molecule has 0 unspecified atom stereocenters. The van der Waals surface area contributed by atoms with E-state index in [2.05, 4.69) is 64.1 Å². The third kappa shape index (κ3) is 11.5. The van der Waals surface area contributed by atoms with Crippen LogP contribution >= 0.6 is 11.8 Å². The van der Waals surface area contributed by atoms with Gasteiger partial charge in [0.15, 0.2) is 0 Å². The molecule has 0 aliphatic heterocycles. The van der Waals surface area contributed by atoms with Crippen LogP contribution in [0.5, 0.6) is 17.2 Å². The first kappa shape index (κ1) is 28.6. The molecule has 3 heteroatoms. The Labute approximate surface area is 194 Å². The van der Waals surface area contributed by atoms with E-state index < -0.39 is 0 Å². The molecule has 0 amide bonds. The Bertz CT molecular complexity index is 792. The lowest BCUT2D eigenvalue weighted by Gasteiger charge is -2.08. The van der Waals surface area contributed by atoms with Crippen LogP contribution in [0.25, 0.3) is 0 Å². The first-order chi connectivity index (χ1) is 15.0. The molecule has 0 fully saturated rings. The van der Waals surface area contributed by atoms with E-state index in [1.54, 1.807) is 36.0 Å². The van der Waals surface area contributed by atoms with E-state index in [0.717, 1.165) is 5.75 Å². The Morgan fingerprint density at radius 1 is 0.677 bits per heavy atom. The molecule has 0 aliphatic rings. The second-order valence-electron chi connectivity index (χ2n) is 6.60. The lowest BCUT2D eigenvalue weighted by atomic mass is 10.0. The largest absolute Gasteiger partial charge is 0.508 e. The fourth-order valence-corrected chi connectivity index (χ4v) is 3.10. The number of rotatable bonds is 5. The average molecular weight is 441 g/mol. The summed E-state index contributed by atoms with van der Waals surface area (Å²) in [6.07, 6.45) is 1.25. The van der Waals surface area contributed by atoms with Crippen molar-refractivity contribution in [3.05, 3.63) is 78.4 Å². The Hall–Kier alpha value is -2.39. The molecular weight excluding hydrogens is 400 g/mol. The summed E-state index contributed by atoms with van der Waals surface area (Å²) in [6.45, 7) is 16.7. The molecule has 2 nitrogen and oxygen atoms in total. The zero-order valence-corrected chi connectivity index (χ0v) is 21.3. The van der Waals surface area contributed by atoms with Gasteiger partial charge in [0.05, 0.1) is 0 Å². The van der Waals surface area contributed by atoms with Crippen molar-refractivity contribution in [3.8, 4) is 17.2 Å². The minimum atomic E-state index is 0.234. The molecule has 170 valence electrons.